The third-order valence-electron chi connectivity index (χ3n) is 8.39. The molecule has 4 amide bonds. The first-order valence-electron chi connectivity index (χ1n) is 24.9. The second kappa shape index (κ2) is 34.7. The quantitative estimate of drug-likeness (QED) is 0.126. The van der Waals surface area contributed by atoms with Crippen LogP contribution >= 0.6 is 0 Å². The number of hydroxylamine groups is 2. The molecule has 0 aromatic heterocycles. The van der Waals surface area contributed by atoms with Gasteiger partial charge in [0.05, 0.1) is 5.41 Å². The Bertz CT molecular complexity index is 1780. The molecule has 0 spiro atoms. The summed E-state index contributed by atoms with van der Waals surface area (Å²) < 4.78 is 0. The third kappa shape index (κ3) is 48.9. The first kappa shape index (κ1) is 78.7. The van der Waals surface area contributed by atoms with Crippen LogP contribution in [-0.4, -0.2) is 81.8 Å². The van der Waals surface area contributed by atoms with Gasteiger partial charge in [-0.3, -0.25) is 33.7 Å². The van der Waals surface area contributed by atoms with E-state index in [-0.39, 0.29) is 34.6 Å². The molecule has 0 aliphatic carbocycles. The summed E-state index contributed by atoms with van der Waals surface area (Å²) in [4.78, 5) is 86.3. The van der Waals surface area contributed by atoms with Crippen LogP contribution in [0.5, 0.6) is 0 Å². The van der Waals surface area contributed by atoms with Crippen molar-refractivity contribution in [1.82, 2.24) is 15.3 Å². The number of azide groups is 1. The number of amides is 4. The maximum absolute atomic E-state index is 11.5. The second-order valence-electron chi connectivity index (χ2n) is 26.1. The van der Waals surface area contributed by atoms with Crippen molar-refractivity contribution >= 4 is 41.2 Å². The van der Waals surface area contributed by atoms with Gasteiger partial charge < -0.3 is 15.9 Å². The predicted molar refractivity (Wildman–Crippen MR) is 300 cm³/mol. The van der Waals surface area contributed by atoms with E-state index in [1.54, 1.807) is 27.7 Å². The maximum Gasteiger partial charge on any atom is 0.338 e. The zero-order valence-corrected chi connectivity index (χ0v) is 51.3. The Hall–Kier alpha value is -4.72. The van der Waals surface area contributed by atoms with Crippen molar-refractivity contribution in [2.45, 2.75) is 235 Å². The molecule has 0 saturated carbocycles. The van der Waals surface area contributed by atoms with Gasteiger partial charge in [-0.1, -0.05) is 146 Å². The van der Waals surface area contributed by atoms with Crippen molar-refractivity contribution in [3.63, 3.8) is 0 Å². The van der Waals surface area contributed by atoms with Crippen molar-refractivity contribution < 1.29 is 38.4 Å². The van der Waals surface area contributed by atoms with Crippen LogP contribution in [0, 0.1) is 27.6 Å². The van der Waals surface area contributed by atoms with E-state index in [0.29, 0.717) is 45.8 Å². The first-order chi connectivity index (χ1) is 31.7. The molecule has 3 rings (SSSR count). The van der Waals surface area contributed by atoms with Gasteiger partial charge in [0.15, 0.2) is 0 Å². The van der Waals surface area contributed by atoms with Crippen molar-refractivity contribution in [3.05, 3.63) is 58.5 Å². The molecule has 0 radical (unpaired) electrons. The lowest BCUT2D eigenvalue weighted by Gasteiger charge is -2.29. The Kier molecular flexibility index (Phi) is 37.9. The highest BCUT2D eigenvalue weighted by atomic mass is 16.7. The first-order valence-corrected chi connectivity index (χ1v) is 24.9. The number of nitrogens with two attached hydrogens (primary N) is 1. The van der Waals surface area contributed by atoms with Crippen LogP contribution in [0.15, 0.2) is 47.6 Å². The summed E-state index contributed by atoms with van der Waals surface area (Å²) in [5.74, 6) is -1.66. The minimum absolute atomic E-state index is 0. The zero-order valence-electron chi connectivity index (χ0n) is 51.3. The number of hydrogen-bond donors (Lipinski definition) is 2. The summed E-state index contributed by atoms with van der Waals surface area (Å²) in [6.45, 7) is 55.3. The average Bonchev–Trinajstić information content (AvgIpc) is 3.66. The number of carbonyl (C=O) groups is 7. The molecule has 1 aromatic carbocycles. The van der Waals surface area contributed by atoms with Crippen LogP contribution < -0.4 is 11.1 Å². The van der Waals surface area contributed by atoms with Crippen molar-refractivity contribution in [3.8, 4) is 0 Å². The van der Waals surface area contributed by atoms with E-state index in [1.165, 1.54) is 29.7 Å². The van der Waals surface area contributed by atoms with Crippen molar-refractivity contribution in [1.29, 1.82) is 0 Å². The summed E-state index contributed by atoms with van der Waals surface area (Å²) in [5, 5.41) is 6.60. The smallest absolute Gasteiger partial charge is 0.330 e. The van der Waals surface area contributed by atoms with Crippen molar-refractivity contribution in [2.75, 3.05) is 14.1 Å². The van der Waals surface area contributed by atoms with Gasteiger partial charge in [-0.2, -0.15) is 0 Å². The SMILES string of the molecule is CC(C)(C)C.CC(C)(C)N.CC(C)(C)N1C(=O)C=CC1=O.CC(C)(C)c1ccccc1.CC1CC(=O)N(OC(=O)C(C)(C)C)C1=O.CCC(=O)C(C)(C)C.CCC(=O)C(C)(C)C.CN=[N+]=[N-].CNC(C)(C)C. The monoisotopic (exact) mass is 1020 g/mol. The molecular formula is C57H107N7O8. The molecule has 1 fully saturated rings. The fourth-order valence-corrected chi connectivity index (χ4v) is 4.13. The number of carbonyl (C=O) groups excluding carboxylic acids is 7. The molecule has 2 heterocycles. The third-order valence-corrected chi connectivity index (χ3v) is 8.39. The standard InChI is InChI=1S/C10H15NO4.C10H14.C8H11NO2.2C7H14O.C5H13N.C5H12.C4H11N.CH3N3/c1-6-5-7(12)11(8(6)13)15-9(14)10(2,3)4;1-10(2,3)9-7-5-4-6-8-9;1-8(2,3)9-6(10)4-5-7(9)11;2*1-5-6(8)7(2,3)4;1-5(2,3)6-4;1-5(2,3)4;1-4(2,3)5;1-3-4-2/h6H,5H2,1-4H3;4-8H,1-3H3;4-5H,1-3H3;2*5H2,1-4H3;6H,1-4H3;1-4H3;5H2,1-3H3;1H3. The summed E-state index contributed by atoms with van der Waals surface area (Å²) in [7, 11) is 3.35. The normalized spacial score (nSPS) is 14.5. The van der Waals surface area contributed by atoms with Crippen LogP contribution in [0.3, 0.4) is 0 Å². The highest BCUT2D eigenvalue weighted by molar-refractivity contribution is 6.13. The van der Waals surface area contributed by atoms with Gasteiger partial charge >= 0.3 is 5.97 Å². The lowest BCUT2D eigenvalue weighted by atomic mass is 9.87. The molecule has 1 saturated heterocycles. The fourth-order valence-electron chi connectivity index (χ4n) is 4.13. The molecule has 2 aliphatic heterocycles. The Labute approximate surface area is 439 Å². The molecule has 15 nitrogen and oxygen atoms in total. The van der Waals surface area contributed by atoms with E-state index in [1.807, 2.05) is 104 Å². The van der Waals surface area contributed by atoms with Gasteiger partial charge in [0.1, 0.15) is 11.6 Å². The van der Waals surface area contributed by atoms with Gasteiger partial charge in [-0.15, -0.1) is 5.06 Å². The molecule has 1 aromatic rings. The zero-order chi connectivity index (χ0) is 59.3. The van der Waals surface area contributed by atoms with Gasteiger partial charge in [0.2, 0.25) is 0 Å². The maximum atomic E-state index is 11.5. The summed E-state index contributed by atoms with van der Waals surface area (Å²) in [6, 6.07) is 10.6. The molecule has 72 heavy (non-hydrogen) atoms. The number of rotatable bonds is 3. The van der Waals surface area contributed by atoms with Crippen molar-refractivity contribution in [2.24, 2.45) is 38.4 Å². The molecule has 2 aliphatic rings. The number of imide groups is 2. The fraction of sp³-hybridized carbons (Fsp3) is 0.737. The molecule has 1 atom stereocenters. The number of ketones is 2. The van der Waals surface area contributed by atoms with E-state index >= 15 is 0 Å². The molecule has 0 bridgehead atoms. The van der Waals surface area contributed by atoms with E-state index in [9.17, 15) is 33.6 Å². The lowest BCUT2D eigenvalue weighted by Crippen LogP contribution is -2.45. The molecule has 418 valence electrons. The van der Waals surface area contributed by atoms with Crippen LogP contribution in [0.2, 0.25) is 0 Å². The number of hydrogen-bond acceptors (Lipinski definition) is 11. The van der Waals surface area contributed by atoms with E-state index in [4.69, 9.17) is 16.1 Å². The van der Waals surface area contributed by atoms with Gasteiger partial charge in [-0.25, -0.2) is 4.79 Å². The molecule has 1 unspecified atom stereocenters. The van der Waals surface area contributed by atoms with E-state index in [2.05, 4.69) is 115 Å². The highest BCUT2D eigenvalue weighted by Gasteiger charge is 2.40. The van der Waals surface area contributed by atoms with E-state index in [0.717, 1.165) is 0 Å². The Morgan fingerprint density at radius 3 is 1.12 bits per heavy atom. The lowest BCUT2D eigenvalue weighted by molar-refractivity contribution is -0.204. The Morgan fingerprint density at radius 2 is 0.986 bits per heavy atom. The van der Waals surface area contributed by atoms with Gasteiger partial charge in [0, 0.05) is 76.7 Å². The topological polar surface area (TPSA) is 222 Å². The minimum atomic E-state index is -0.730. The largest absolute Gasteiger partial charge is 0.338 e. The number of benzene rings is 1. The predicted octanol–water partition coefficient (Wildman–Crippen LogP) is 13.3. The van der Waals surface area contributed by atoms with Crippen LogP contribution in [0.25, 0.3) is 10.4 Å². The Morgan fingerprint density at radius 1 is 0.681 bits per heavy atom. The number of Topliss-reactive ketones (excluding diaryl/α,β-unsaturated/α-hetero) is 2. The van der Waals surface area contributed by atoms with Gasteiger partial charge in [0.25, 0.3) is 23.6 Å². The number of nitrogens with zero attached hydrogens (tertiary/aromatic N) is 5. The van der Waals surface area contributed by atoms with Crippen LogP contribution in [0.1, 0.15) is 219 Å². The summed E-state index contributed by atoms with van der Waals surface area (Å²) >= 11 is 0. The highest BCUT2D eigenvalue weighted by Crippen LogP contribution is 2.24. The van der Waals surface area contributed by atoms with Crippen LogP contribution in [0.4, 0.5) is 0 Å². The summed E-state index contributed by atoms with van der Waals surface area (Å²) in [5.41, 5.74) is 13.8. The number of nitrogens with one attached hydrogen (secondary N) is 1. The Balaban J connectivity index is -0.000000175. The summed E-state index contributed by atoms with van der Waals surface area (Å²) in [6.07, 6.45) is 4.02. The second-order valence-corrected chi connectivity index (χ2v) is 26.1. The van der Waals surface area contributed by atoms with Gasteiger partial charge in [-0.05, 0) is 112 Å². The average molecular weight is 1020 g/mol. The van der Waals surface area contributed by atoms with E-state index < -0.39 is 34.7 Å². The minimum Gasteiger partial charge on any atom is -0.330 e. The molecule has 15 heteroatoms. The van der Waals surface area contributed by atoms with Crippen LogP contribution in [-0.2, 0) is 43.8 Å². The molecule has 3 N–H and O–H groups in total. The molecular weight excluding hydrogens is 911 g/mol.